The fraction of sp³-hybridized carbons (Fsp3) is 0.464. The number of ether oxygens (including phenoxy) is 1. The van der Waals surface area contributed by atoms with Crippen molar-refractivity contribution in [2.75, 3.05) is 13.2 Å². The fourth-order valence-electron chi connectivity index (χ4n) is 4.62. The van der Waals surface area contributed by atoms with Crippen molar-refractivity contribution in [3.63, 3.8) is 0 Å². The summed E-state index contributed by atoms with van der Waals surface area (Å²) >= 11 is 0. The zero-order valence-electron chi connectivity index (χ0n) is 21.0. The molecule has 3 rings (SSSR count). The van der Waals surface area contributed by atoms with Crippen molar-refractivity contribution in [1.82, 2.24) is 10.2 Å². The maximum absolute atomic E-state index is 13.0. The number of carboxylic acids is 1. The van der Waals surface area contributed by atoms with E-state index in [9.17, 15) is 14.4 Å². The van der Waals surface area contributed by atoms with Crippen LogP contribution in [0.2, 0.25) is 0 Å². The largest absolute Gasteiger partial charge is 0.481 e. The monoisotopic (exact) mass is 480 g/mol. The van der Waals surface area contributed by atoms with Gasteiger partial charge in [0, 0.05) is 37.4 Å². The lowest BCUT2D eigenvalue weighted by Gasteiger charge is -2.30. The average molecular weight is 481 g/mol. The lowest BCUT2D eigenvalue weighted by Crippen LogP contribution is -2.45. The summed E-state index contributed by atoms with van der Waals surface area (Å²) in [6, 6.07) is 15.9. The average Bonchev–Trinajstić information content (AvgIpc) is 3.13. The number of hydrogen-bond acceptors (Lipinski definition) is 4. The van der Waals surface area contributed by atoms with Crippen LogP contribution in [0.1, 0.15) is 64.0 Å². The number of carbonyl (C=O) groups excluding carboxylic acids is 2. The number of benzene rings is 2. The highest BCUT2D eigenvalue weighted by Crippen LogP contribution is 2.44. The van der Waals surface area contributed by atoms with Gasteiger partial charge in [0.15, 0.2) is 0 Å². The maximum atomic E-state index is 13.0. The standard InChI is InChI=1S/C28H36N2O5/c1-18(2)25(16-26(31)30(19(3)4)15-9-14-27(32)33)29-28(34)35-17-24-22-12-7-5-10-20(22)21-11-6-8-13-23(21)24/h5-8,10-13,18-19,24-25H,9,14-17H2,1-4H3,(H,29,34)(H,32,33)/t25-/m1/s1. The Labute approximate surface area is 207 Å². The van der Waals surface area contributed by atoms with Crippen LogP contribution in [0, 0.1) is 5.92 Å². The molecular formula is C28H36N2O5. The first-order valence-electron chi connectivity index (χ1n) is 12.3. The first-order valence-corrected chi connectivity index (χ1v) is 12.3. The highest BCUT2D eigenvalue weighted by atomic mass is 16.5. The molecule has 0 spiro atoms. The van der Waals surface area contributed by atoms with Crippen LogP contribution in [0.25, 0.3) is 11.1 Å². The topological polar surface area (TPSA) is 95.9 Å². The van der Waals surface area contributed by atoms with Gasteiger partial charge in [0.2, 0.25) is 5.91 Å². The van der Waals surface area contributed by atoms with Crippen LogP contribution in [0.5, 0.6) is 0 Å². The molecule has 188 valence electrons. The SMILES string of the molecule is CC(C)[C@@H](CC(=O)N(CCCC(=O)O)C(C)C)NC(=O)OCC1c2ccccc2-c2ccccc21. The van der Waals surface area contributed by atoms with E-state index in [2.05, 4.69) is 29.6 Å². The van der Waals surface area contributed by atoms with Crippen molar-refractivity contribution in [2.45, 2.75) is 65.0 Å². The number of nitrogens with one attached hydrogen (secondary N) is 1. The van der Waals surface area contributed by atoms with Crippen LogP contribution in [-0.2, 0) is 14.3 Å². The van der Waals surface area contributed by atoms with E-state index in [0.29, 0.717) is 13.0 Å². The van der Waals surface area contributed by atoms with Crippen LogP contribution < -0.4 is 5.32 Å². The molecule has 0 radical (unpaired) electrons. The molecule has 0 unspecified atom stereocenters. The van der Waals surface area contributed by atoms with Gasteiger partial charge in [-0.25, -0.2) is 4.79 Å². The minimum Gasteiger partial charge on any atom is -0.481 e. The van der Waals surface area contributed by atoms with E-state index >= 15 is 0 Å². The molecule has 1 aliphatic rings. The van der Waals surface area contributed by atoms with Gasteiger partial charge in [0.05, 0.1) is 0 Å². The third-order valence-corrected chi connectivity index (χ3v) is 6.58. The Bertz CT molecular complexity index is 1000. The number of hydrogen-bond donors (Lipinski definition) is 2. The van der Waals surface area contributed by atoms with E-state index < -0.39 is 12.1 Å². The fourth-order valence-corrected chi connectivity index (χ4v) is 4.62. The number of fused-ring (bicyclic) bond motifs is 3. The lowest BCUT2D eigenvalue weighted by atomic mass is 9.98. The van der Waals surface area contributed by atoms with Gasteiger partial charge >= 0.3 is 12.1 Å². The smallest absolute Gasteiger partial charge is 0.407 e. The Morgan fingerprint density at radius 3 is 2.06 bits per heavy atom. The Morgan fingerprint density at radius 2 is 1.54 bits per heavy atom. The molecule has 0 heterocycles. The summed E-state index contributed by atoms with van der Waals surface area (Å²) in [7, 11) is 0. The predicted octanol–water partition coefficient (Wildman–Crippen LogP) is 5.04. The summed E-state index contributed by atoms with van der Waals surface area (Å²) in [5.74, 6) is -0.994. The first kappa shape index (κ1) is 26.3. The molecule has 0 saturated heterocycles. The number of carbonyl (C=O) groups is 3. The highest BCUT2D eigenvalue weighted by molar-refractivity contribution is 5.80. The summed E-state index contributed by atoms with van der Waals surface area (Å²) in [4.78, 5) is 38.2. The summed E-state index contributed by atoms with van der Waals surface area (Å²) in [5, 5.41) is 11.8. The lowest BCUT2D eigenvalue weighted by molar-refractivity contribution is -0.138. The second kappa shape index (κ2) is 11.9. The highest BCUT2D eigenvalue weighted by Gasteiger charge is 2.30. The van der Waals surface area contributed by atoms with Crippen molar-refractivity contribution >= 4 is 18.0 Å². The van der Waals surface area contributed by atoms with Crippen LogP contribution >= 0.6 is 0 Å². The van der Waals surface area contributed by atoms with Crippen LogP contribution in [-0.4, -0.2) is 53.2 Å². The van der Waals surface area contributed by atoms with Crippen molar-refractivity contribution in [3.05, 3.63) is 59.7 Å². The molecular weight excluding hydrogens is 444 g/mol. The summed E-state index contributed by atoms with van der Waals surface area (Å²) < 4.78 is 5.66. The molecule has 2 aromatic rings. The quantitative estimate of drug-likeness (QED) is 0.470. The van der Waals surface area contributed by atoms with Gasteiger partial charge in [-0.3, -0.25) is 9.59 Å². The molecule has 1 aliphatic carbocycles. The minimum absolute atomic E-state index is 0.0160. The van der Waals surface area contributed by atoms with Crippen molar-refractivity contribution < 1.29 is 24.2 Å². The second-order valence-corrected chi connectivity index (χ2v) is 9.70. The molecule has 7 nitrogen and oxygen atoms in total. The minimum atomic E-state index is -0.877. The maximum Gasteiger partial charge on any atom is 0.407 e. The molecule has 0 aliphatic heterocycles. The van der Waals surface area contributed by atoms with E-state index in [4.69, 9.17) is 9.84 Å². The van der Waals surface area contributed by atoms with Gasteiger partial charge in [-0.05, 0) is 48.4 Å². The summed E-state index contributed by atoms with van der Waals surface area (Å²) in [6.07, 6.45) is 0.000934. The van der Waals surface area contributed by atoms with Gasteiger partial charge < -0.3 is 20.1 Å². The van der Waals surface area contributed by atoms with Gasteiger partial charge in [-0.2, -0.15) is 0 Å². The number of amides is 2. The van der Waals surface area contributed by atoms with E-state index in [-0.39, 0.29) is 49.3 Å². The molecule has 2 aromatic carbocycles. The Balaban J connectivity index is 1.60. The predicted molar refractivity (Wildman–Crippen MR) is 135 cm³/mol. The van der Waals surface area contributed by atoms with E-state index in [1.165, 1.54) is 11.1 Å². The number of carboxylic acid groups (broad SMARTS) is 1. The number of alkyl carbamates (subject to hydrolysis) is 1. The third kappa shape index (κ3) is 6.62. The number of rotatable bonds is 11. The van der Waals surface area contributed by atoms with Crippen LogP contribution in [0.4, 0.5) is 4.79 Å². The van der Waals surface area contributed by atoms with E-state index in [1.54, 1.807) is 4.90 Å². The molecule has 7 heteroatoms. The van der Waals surface area contributed by atoms with Crippen molar-refractivity contribution in [1.29, 1.82) is 0 Å². The van der Waals surface area contributed by atoms with Gasteiger partial charge in [0.1, 0.15) is 6.61 Å². The molecule has 35 heavy (non-hydrogen) atoms. The van der Waals surface area contributed by atoms with E-state index in [0.717, 1.165) is 11.1 Å². The summed E-state index contributed by atoms with van der Waals surface area (Å²) in [6.45, 7) is 8.30. The van der Waals surface area contributed by atoms with Crippen molar-refractivity contribution in [3.8, 4) is 11.1 Å². The molecule has 0 bridgehead atoms. The third-order valence-electron chi connectivity index (χ3n) is 6.58. The molecule has 0 saturated carbocycles. The van der Waals surface area contributed by atoms with Gasteiger partial charge in [-0.1, -0.05) is 62.4 Å². The van der Waals surface area contributed by atoms with Crippen LogP contribution in [0.15, 0.2) is 48.5 Å². The molecule has 0 aromatic heterocycles. The summed E-state index contributed by atoms with van der Waals surface area (Å²) in [5.41, 5.74) is 4.62. The number of aliphatic carboxylic acids is 1. The van der Waals surface area contributed by atoms with Crippen molar-refractivity contribution in [2.24, 2.45) is 5.92 Å². The molecule has 0 fully saturated rings. The second-order valence-electron chi connectivity index (χ2n) is 9.70. The molecule has 1 atom stereocenters. The molecule has 2 N–H and O–H groups in total. The Hall–Kier alpha value is -3.35. The zero-order valence-corrected chi connectivity index (χ0v) is 21.0. The van der Waals surface area contributed by atoms with E-state index in [1.807, 2.05) is 52.0 Å². The Morgan fingerprint density at radius 1 is 0.971 bits per heavy atom. The Kier molecular flexibility index (Phi) is 8.90. The van der Waals surface area contributed by atoms with Crippen LogP contribution in [0.3, 0.4) is 0 Å². The van der Waals surface area contributed by atoms with Gasteiger partial charge in [0.25, 0.3) is 0 Å². The van der Waals surface area contributed by atoms with Gasteiger partial charge in [-0.15, -0.1) is 0 Å². The normalized spacial score (nSPS) is 13.3. The zero-order chi connectivity index (χ0) is 25.5. The molecule has 2 amide bonds. The first-order chi connectivity index (χ1) is 16.7. The number of nitrogens with zero attached hydrogens (tertiary/aromatic N) is 1.